The van der Waals surface area contributed by atoms with Gasteiger partial charge in [0.1, 0.15) is 5.69 Å². The van der Waals surface area contributed by atoms with Crippen molar-refractivity contribution in [2.75, 3.05) is 4.72 Å². The molecule has 5 nitrogen and oxygen atoms in total. The average molecular weight is 317 g/mol. The largest absolute Gasteiger partial charge is 0.263 e. The Morgan fingerprint density at radius 3 is 2.43 bits per heavy atom. The van der Waals surface area contributed by atoms with Gasteiger partial charge in [-0.3, -0.25) is 4.72 Å². The SMILES string of the molecule is O=S(=O)(Nc1nccnc1-c1cccs1)c1ccccc1. The zero-order chi connectivity index (χ0) is 14.7. The Morgan fingerprint density at radius 1 is 0.952 bits per heavy atom. The molecule has 0 atom stereocenters. The minimum absolute atomic E-state index is 0.188. The standard InChI is InChI=1S/C14H11N3O2S2/c18-21(19,11-5-2-1-3-6-11)17-14-13(15-8-9-16-14)12-7-4-10-20-12/h1-10H,(H,16,17). The normalized spacial score (nSPS) is 11.2. The van der Waals surface area contributed by atoms with E-state index in [4.69, 9.17) is 0 Å². The smallest absolute Gasteiger partial charge is 0.261 e. The van der Waals surface area contributed by atoms with Crippen molar-refractivity contribution < 1.29 is 8.42 Å². The Morgan fingerprint density at radius 2 is 1.71 bits per heavy atom. The van der Waals surface area contributed by atoms with E-state index in [0.29, 0.717) is 5.69 Å². The van der Waals surface area contributed by atoms with Crippen LogP contribution in [0.5, 0.6) is 0 Å². The van der Waals surface area contributed by atoms with Gasteiger partial charge < -0.3 is 0 Å². The van der Waals surface area contributed by atoms with Crippen molar-refractivity contribution in [1.29, 1.82) is 0 Å². The zero-order valence-corrected chi connectivity index (χ0v) is 12.4. The van der Waals surface area contributed by atoms with Crippen LogP contribution < -0.4 is 4.72 Å². The van der Waals surface area contributed by atoms with E-state index in [1.54, 1.807) is 18.2 Å². The molecule has 2 aromatic heterocycles. The average Bonchev–Trinajstić information content (AvgIpc) is 3.02. The highest BCUT2D eigenvalue weighted by Gasteiger charge is 2.18. The second-order valence-corrected chi connectivity index (χ2v) is 6.78. The summed E-state index contributed by atoms with van der Waals surface area (Å²) in [4.78, 5) is 9.36. The summed E-state index contributed by atoms with van der Waals surface area (Å²) in [5, 5.41) is 1.90. The molecule has 0 spiro atoms. The molecule has 0 unspecified atom stereocenters. The number of sulfonamides is 1. The van der Waals surface area contributed by atoms with Crippen LogP contribution in [0.4, 0.5) is 5.82 Å². The number of hydrogen-bond donors (Lipinski definition) is 1. The number of nitrogens with one attached hydrogen (secondary N) is 1. The fourth-order valence-corrected chi connectivity index (χ4v) is 3.55. The first kappa shape index (κ1) is 13.7. The van der Waals surface area contributed by atoms with E-state index >= 15 is 0 Å². The van der Waals surface area contributed by atoms with Crippen LogP contribution in [0.15, 0.2) is 65.1 Å². The van der Waals surface area contributed by atoms with Crippen LogP contribution in [-0.2, 0) is 10.0 Å². The molecule has 2 heterocycles. The minimum atomic E-state index is -3.67. The highest BCUT2D eigenvalue weighted by Crippen LogP contribution is 2.28. The molecule has 0 aliphatic heterocycles. The number of nitrogens with zero attached hydrogens (tertiary/aromatic N) is 2. The van der Waals surface area contributed by atoms with Crippen LogP contribution in [-0.4, -0.2) is 18.4 Å². The second kappa shape index (κ2) is 5.63. The Bertz CT molecular complexity index is 832. The molecular formula is C14H11N3O2S2. The van der Waals surface area contributed by atoms with Crippen LogP contribution in [0.25, 0.3) is 10.6 Å². The maximum Gasteiger partial charge on any atom is 0.263 e. The fraction of sp³-hybridized carbons (Fsp3) is 0. The van der Waals surface area contributed by atoms with Gasteiger partial charge in [-0.15, -0.1) is 11.3 Å². The number of benzene rings is 1. The molecule has 1 N–H and O–H groups in total. The Labute approximate surface area is 126 Å². The lowest BCUT2D eigenvalue weighted by Crippen LogP contribution is -2.14. The van der Waals surface area contributed by atoms with Crippen LogP contribution in [0.3, 0.4) is 0 Å². The predicted molar refractivity (Wildman–Crippen MR) is 82.6 cm³/mol. The van der Waals surface area contributed by atoms with Gasteiger partial charge in [0.05, 0.1) is 9.77 Å². The van der Waals surface area contributed by atoms with Crippen molar-refractivity contribution in [2.45, 2.75) is 4.90 Å². The molecule has 0 fully saturated rings. The molecule has 0 saturated heterocycles. The molecule has 0 amide bonds. The molecule has 0 saturated carbocycles. The van der Waals surface area contributed by atoms with E-state index < -0.39 is 10.0 Å². The molecule has 21 heavy (non-hydrogen) atoms. The summed E-state index contributed by atoms with van der Waals surface area (Å²) in [6.45, 7) is 0. The van der Waals surface area contributed by atoms with Crippen LogP contribution in [0, 0.1) is 0 Å². The van der Waals surface area contributed by atoms with E-state index in [-0.39, 0.29) is 10.7 Å². The van der Waals surface area contributed by atoms with Crippen molar-refractivity contribution >= 4 is 27.2 Å². The molecule has 0 aliphatic carbocycles. The molecule has 0 aliphatic rings. The summed E-state index contributed by atoms with van der Waals surface area (Å²) in [6, 6.07) is 11.9. The molecule has 0 bridgehead atoms. The lowest BCUT2D eigenvalue weighted by atomic mass is 10.3. The van der Waals surface area contributed by atoms with Gasteiger partial charge in [0.25, 0.3) is 10.0 Å². The lowest BCUT2D eigenvalue weighted by Gasteiger charge is -2.09. The van der Waals surface area contributed by atoms with Gasteiger partial charge in [-0.2, -0.15) is 0 Å². The topological polar surface area (TPSA) is 72.0 Å². The maximum absolute atomic E-state index is 12.3. The first-order valence-electron chi connectivity index (χ1n) is 6.09. The summed E-state index contributed by atoms with van der Waals surface area (Å²) < 4.78 is 27.2. The third-order valence-electron chi connectivity index (χ3n) is 2.74. The summed E-state index contributed by atoms with van der Waals surface area (Å²) in [5.41, 5.74) is 0.520. The molecule has 1 aromatic carbocycles. The van der Waals surface area contributed by atoms with Gasteiger partial charge in [0.2, 0.25) is 0 Å². The van der Waals surface area contributed by atoms with E-state index in [1.165, 1.54) is 35.9 Å². The first-order valence-corrected chi connectivity index (χ1v) is 8.46. The molecule has 106 valence electrons. The van der Waals surface area contributed by atoms with Crippen LogP contribution in [0.2, 0.25) is 0 Å². The number of hydrogen-bond acceptors (Lipinski definition) is 5. The summed E-state index contributed by atoms with van der Waals surface area (Å²) >= 11 is 1.47. The summed E-state index contributed by atoms with van der Waals surface area (Å²) in [6.07, 6.45) is 3.00. The molecule has 3 aromatic rings. The fourth-order valence-electron chi connectivity index (χ4n) is 1.79. The van der Waals surface area contributed by atoms with E-state index in [9.17, 15) is 8.42 Å². The van der Waals surface area contributed by atoms with Crippen molar-refractivity contribution in [2.24, 2.45) is 0 Å². The van der Waals surface area contributed by atoms with Crippen molar-refractivity contribution in [3.8, 4) is 10.6 Å². The van der Waals surface area contributed by atoms with Crippen LogP contribution >= 0.6 is 11.3 Å². The predicted octanol–water partition coefficient (Wildman–Crippen LogP) is 3.01. The Balaban J connectivity index is 2.00. The van der Waals surface area contributed by atoms with Crippen molar-refractivity contribution in [1.82, 2.24) is 9.97 Å². The van der Waals surface area contributed by atoms with Crippen molar-refractivity contribution in [3.63, 3.8) is 0 Å². The van der Waals surface area contributed by atoms with E-state index in [2.05, 4.69) is 14.7 Å². The Hall–Kier alpha value is -2.25. The number of aromatic nitrogens is 2. The van der Waals surface area contributed by atoms with E-state index in [0.717, 1.165) is 4.88 Å². The van der Waals surface area contributed by atoms with Gasteiger partial charge in [0.15, 0.2) is 5.82 Å². The second-order valence-electron chi connectivity index (χ2n) is 4.15. The van der Waals surface area contributed by atoms with Crippen molar-refractivity contribution in [3.05, 3.63) is 60.2 Å². The van der Waals surface area contributed by atoms with Gasteiger partial charge in [-0.1, -0.05) is 24.3 Å². The monoisotopic (exact) mass is 317 g/mol. The van der Waals surface area contributed by atoms with Gasteiger partial charge in [0, 0.05) is 12.4 Å². The van der Waals surface area contributed by atoms with Gasteiger partial charge >= 0.3 is 0 Å². The third-order valence-corrected chi connectivity index (χ3v) is 4.97. The molecule has 0 radical (unpaired) electrons. The summed E-state index contributed by atoms with van der Waals surface area (Å²) in [7, 11) is -3.67. The lowest BCUT2D eigenvalue weighted by molar-refractivity contribution is 0.601. The first-order chi connectivity index (χ1) is 10.2. The molecule has 7 heteroatoms. The third kappa shape index (κ3) is 2.93. The quantitative estimate of drug-likeness (QED) is 0.803. The van der Waals surface area contributed by atoms with Gasteiger partial charge in [-0.25, -0.2) is 18.4 Å². The molecule has 3 rings (SSSR count). The number of thiophene rings is 1. The highest BCUT2D eigenvalue weighted by atomic mass is 32.2. The van der Waals surface area contributed by atoms with Crippen LogP contribution in [0.1, 0.15) is 0 Å². The highest BCUT2D eigenvalue weighted by molar-refractivity contribution is 7.92. The zero-order valence-electron chi connectivity index (χ0n) is 10.8. The maximum atomic E-state index is 12.3. The van der Waals surface area contributed by atoms with Gasteiger partial charge in [-0.05, 0) is 23.6 Å². The van der Waals surface area contributed by atoms with E-state index in [1.807, 2.05) is 17.5 Å². The summed E-state index contributed by atoms with van der Waals surface area (Å²) in [5.74, 6) is 0.226. The Kier molecular flexibility index (Phi) is 3.68. The molecular weight excluding hydrogens is 306 g/mol. The number of anilines is 1. The minimum Gasteiger partial charge on any atom is -0.261 e. The number of rotatable bonds is 4.